The Bertz CT molecular complexity index is 1020. The van der Waals surface area contributed by atoms with Gasteiger partial charge in [-0.05, 0) is 61.8 Å². The van der Waals surface area contributed by atoms with Crippen LogP contribution in [-0.2, 0) is 14.3 Å². The summed E-state index contributed by atoms with van der Waals surface area (Å²) in [5.41, 5.74) is 1.87. The van der Waals surface area contributed by atoms with Crippen molar-refractivity contribution in [3.05, 3.63) is 65.9 Å². The molecule has 1 aliphatic carbocycles. The minimum atomic E-state index is -1.55. The zero-order valence-corrected chi connectivity index (χ0v) is 23.5. The lowest BCUT2D eigenvalue weighted by Gasteiger charge is -2.42. The molecule has 6 nitrogen and oxygen atoms in total. The standard InChI is InChI=1S/C30H44N2O4/c1-20(21(2)17-24(5)32(31(9)10)26-14-12-11-13-15-26)16-22(3)27-18-23(4)30(35,29(27,7)8)28(34)19-36-25(6)33/h11-17,22-23,27,35H,5,18-19H2,1-4,6-10H3/b20-16-,21-17+. The quantitative estimate of drug-likeness (QED) is 0.260. The van der Waals surface area contributed by atoms with E-state index < -0.39 is 29.4 Å². The van der Waals surface area contributed by atoms with Crippen LogP contribution in [0.2, 0.25) is 0 Å². The molecule has 1 N–H and O–H groups in total. The number of ketones is 1. The van der Waals surface area contributed by atoms with E-state index in [1.165, 1.54) is 6.92 Å². The highest BCUT2D eigenvalue weighted by molar-refractivity contribution is 5.91. The summed E-state index contributed by atoms with van der Waals surface area (Å²) in [5.74, 6) is -1.00. The largest absolute Gasteiger partial charge is 0.458 e. The van der Waals surface area contributed by atoms with Crippen LogP contribution in [0.4, 0.5) is 5.69 Å². The van der Waals surface area contributed by atoms with Crippen LogP contribution in [0, 0.1) is 23.2 Å². The van der Waals surface area contributed by atoms with E-state index in [1.54, 1.807) is 0 Å². The average molecular weight is 497 g/mol. The van der Waals surface area contributed by atoms with Crippen molar-refractivity contribution in [3.63, 3.8) is 0 Å². The molecule has 4 atom stereocenters. The van der Waals surface area contributed by atoms with Gasteiger partial charge in [0.25, 0.3) is 0 Å². The molecule has 6 heteroatoms. The first-order chi connectivity index (χ1) is 16.6. The molecule has 0 spiro atoms. The summed E-state index contributed by atoms with van der Waals surface area (Å²) in [6, 6.07) is 10.1. The lowest BCUT2D eigenvalue weighted by Crippen LogP contribution is -2.54. The summed E-state index contributed by atoms with van der Waals surface area (Å²) >= 11 is 0. The number of allylic oxidation sites excluding steroid dienone is 4. The third-order valence-electron chi connectivity index (χ3n) is 7.89. The highest BCUT2D eigenvalue weighted by Crippen LogP contribution is 2.56. The van der Waals surface area contributed by atoms with Crippen molar-refractivity contribution in [2.24, 2.45) is 23.2 Å². The van der Waals surface area contributed by atoms with Crippen LogP contribution in [0.1, 0.15) is 54.9 Å². The first-order valence-corrected chi connectivity index (χ1v) is 12.6. The molecular weight excluding hydrogens is 452 g/mol. The molecule has 0 radical (unpaired) electrons. The van der Waals surface area contributed by atoms with Crippen LogP contribution >= 0.6 is 0 Å². The Morgan fingerprint density at radius 3 is 2.28 bits per heavy atom. The number of aliphatic hydroxyl groups is 1. The molecule has 4 unspecified atom stereocenters. The van der Waals surface area contributed by atoms with Crippen LogP contribution in [0.5, 0.6) is 0 Å². The highest BCUT2D eigenvalue weighted by Gasteiger charge is 2.62. The number of hydrogen-bond donors (Lipinski definition) is 1. The van der Waals surface area contributed by atoms with Gasteiger partial charge >= 0.3 is 5.97 Å². The van der Waals surface area contributed by atoms with Gasteiger partial charge in [0.05, 0.1) is 11.4 Å². The zero-order valence-electron chi connectivity index (χ0n) is 23.5. The van der Waals surface area contributed by atoms with E-state index in [2.05, 4.69) is 44.5 Å². The summed E-state index contributed by atoms with van der Waals surface area (Å²) in [5, 5.41) is 15.6. The molecule has 2 rings (SSSR count). The first-order valence-electron chi connectivity index (χ1n) is 12.6. The molecule has 1 fully saturated rings. The van der Waals surface area contributed by atoms with E-state index >= 15 is 0 Å². The number of para-hydroxylation sites is 1. The fourth-order valence-corrected chi connectivity index (χ4v) is 5.84. The maximum atomic E-state index is 13.0. The Hall–Kier alpha value is -2.70. The molecule has 0 saturated heterocycles. The van der Waals surface area contributed by atoms with Crippen LogP contribution in [0.25, 0.3) is 0 Å². The molecule has 1 aromatic rings. The zero-order chi connectivity index (χ0) is 27.4. The van der Waals surface area contributed by atoms with Gasteiger partial charge in [0.1, 0.15) is 5.60 Å². The number of esters is 1. The fraction of sp³-hybridized carbons (Fsp3) is 0.533. The maximum absolute atomic E-state index is 13.0. The number of rotatable bonds is 10. The molecule has 36 heavy (non-hydrogen) atoms. The first kappa shape index (κ1) is 29.5. The number of ether oxygens (including phenoxy) is 1. The molecular formula is C30H44N2O4. The number of nitrogens with zero attached hydrogens (tertiary/aromatic N) is 2. The Labute approximate surface area is 217 Å². The molecule has 1 aromatic carbocycles. The molecule has 1 aliphatic rings. The molecule has 198 valence electrons. The number of anilines is 1. The third kappa shape index (κ3) is 5.98. The molecule has 0 bridgehead atoms. The topological polar surface area (TPSA) is 70.1 Å². The van der Waals surface area contributed by atoms with Crippen LogP contribution in [0.15, 0.2) is 65.9 Å². The highest BCUT2D eigenvalue weighted by atomic mass is 16.5. The van der Waals surface area contributed by atoms with E-state index in [9.17, 15) is 14.7 Å². The summed E-state index contributed by atoms with van der Waals surface area (Å²) < 4.78 is 4.94. The maximum Gasteiger partial charge on any atom is 0.303 e. The minimum absolute atomic E-state index is 0.0762. The summed E-state index contributed by atoms with van der Waals surface area (Å²) in [6.45, 7) is 17.3. The second-order valence-electron chi connectivity index (χ2n) is 11.0. The Morgan fingerprint density at radius 1 is 1.17 bits per heavy atom. The van der Waals surface area contributed by atoms with Crippen LogP contribution < -0.4 is 5.01 Å². The molecule has 1 saturated carbocycles. The normalized spacial score (nSPS) is 25.0. The van der Waals surface area contributed by atoms with Crippen LogP contribution in [-0.4, -0.2) is 48.2 Å². The summed E-state index contributed by atoms with van der Waals surface area (Å²) in [4.78, 5) is 24.2. The summed E-state index contributed by atoms with van der Waals surface area (Å²) in [7, 11) is 3.97. The van der Waals surface area contributed by atoms with Crippen molar-refractivity contribution < 1.29 is 19.4 Å². The Kier molecular flexibility index (Phi) is 9.49. The number of benzene rings is 1. The predicted octanol–water partition coefficient (Wildman–Crippen LogP) is 5.56. The molecule has 0 aromatic heterocycles. The van der Waals surface area contributed by atoms with Crippen molar-refractivity contribution in [3.8, 4) is 0 Å². The van der Waals surface area contributed by atoms with Gasteiger partial charge in [-0.25, -0.2) is 5.01 Å². The lowest BCUT2D eigenvalue weighted by atomic mass is 9.66. The average Bonchev–Trinajstić information content (AvgIpc) is 2.98. The van der Waals surface area contributed by atoms with E-state index in [0.29, 0.717) is 6.42 Å². The van der Waals surface area contributed by atoms with E-state index in [-0.39, 0.29) is 17.8 Å². The van der Waals surface area contributed by atoms with Crippen molar-refractivity contribution in [2.75, 3.05) is 25.7 Å². The van der Waals surface area contributed by atoms with Crippen LogP contribution in [0.3, 0.4) is 0 Å². The summed E-state index contributed by atoms with van der Waals surface area (Å²) in [6.07, 6.45) is 5.01. The molecule has 0 aliphatic heterocycles. The van der Waals surface area contributed by atoms with Crippen molar-refractivity contribution in [1.29, 1.82) is 0 Å². The van der Waals surface area contributed by atoms with E-state index in [0.717, 1.165) is 22.5 Å². The van der Waals surface area contributed by atoms with Gasteiger partial charge in [-0.1, -0.05) is 64.1 Å². The Morgan fingerprint density at radius 2 is 1.75 bits per heavy atom. The minimum Gasteiger partial charge on any atom is -0.458 e. The fourth-order valence-electron chi connectivity index (χ4n) is 5.84. The number of carbonyl (C=O) groups is 2. The number of carbonyl (C=O) groups excluding carboxylic acids is 2. The number of Topliss-reactive ketones (excluding diaryl/α,β-unsaturated/α-hetero) is 1. The second kappa shape index (κ2) is 11.6. The van der Waals surface area contributed by atoms with Gasteiger partial charge in [0, 0.05) is 26.4 Å². The van der Waals surface area contributed by atoms with Gasteiger partial charge in [0.2, 0.25) is 5.78 Å². The van der Waals surface area contributed by atoms with Gasteiger partial charge in [-0.15, -0.1) is 0 Å². The van der Waals surface area contributed by atoms with Crippen molar-refractivity contribution in [1.82, 2.24) is 5.01 Å². The number of hydrazine groups is 1. The number of hydrogen-bond acceptors (Lipinski definition) is 6. The third-order valence-corrected chi connectivity index (χ3v) is 7.89. The van der Waals surface area contributed by atoms with Crippen molar-refractivity contribution in [2.45, 2.75) is 60.5 Å². The lowest BCUT2D eigenvalue weighted by molar-refractivity contribution is -0.164. The van der Waals surface area contributed by atoms with Gasteiger partial charge in [-0.3, -0.25) is 14.6 Å². The molecule has 0 heterocycles. The van der Waals surface area contributed by atoms with Gasteiger partial charge < -0.3 is 9.84 Å². The Balaban J connectivity index is 2.26. The SMILES string of the molecule is C=C(/C=C(C)/C(C)=C\C(C)C1CC(C)C(O)(C(=O)COC(C)=O)C1(C)C)N(c1ccccc1)N(C)C. The monoisotopic (exact) mass is 496 g/mol. The smallest absolute Gasteiger partial charge is 0.303 e. The predicted molar refractivity (Wildman–Crippen MR) is 146 cm³/mol. The van der Waals surface area contributed by atoms with Gasteiger partial charge in [0.15, 0.2) is 6.61 Å². The van der Waals surface area contributed by atoms with Gasteiger partial charge in [-0.2, -0.15) is 0 Å². The van der Waals surface area contributed by atoms with E-state index in [1.807, 2.05) is 70.2 Å². The van der Waals surface area contributed by atoms with Crippen molar-refractivity contribution >= 4 is 17.4 Å². The molecule has 0 amide bonds. The van der Waals surface area contributed by atoms with E-state index in [4.69, 9.17) is 4.74 Å². The second-order valence-corrected chi connectivity index (χ2v) is 11.0.